The lowest BCUT2D eigenvalue weighted by molar-refractivity contribution is -0.385. The van der Waals surface area contributed by atoms with Crippen LogP contribution in [-0.2, 0) is 0 Å². The maximum absolute atomic E-state index is 10.8. The third-order valence-corrected chi connectivity index (χ3v) is 4.59. The number of para-hydroxylation sites is 2. The lowest BCUT2D eigenvalue weighted by Gasteiger charge is -1.98. The third-order valence-electron chi connectivity index (χ3n) is 3.09. The van der Waals surface area contributed by atoms with Crippen molar-refractivity contribution in [1.82, 2.24) is 4.98 Å². The molecule has 0 spiro atoms. The molecular formula is C15H9ClN2O6S2. The van der Waals surface area contributed by atoms with Gasteiger partial charge in [0.1, 0.15) is 10.6 Å². The summed E-state index contributed by atoms with van der Waals surface area (Å²) >= 11 is 11.8. The summed E-state index contributed by atoms with van der Waals surface area (Å²) in [6, 6.07) is 8.86. The number of aromatic amines is 1. The van der Waals surface area contributed by atoms with Gasteiger partial charge >= 0.3 is 17.6 Å². The first-order valence-corrected chi connectivity index (χ1v) is 8.34. The number of nitrogens with one attached hydrogen (secondary N) is 1. The minimum atomic E-state index is -1.37. The van der Waals surface area contributed by atoms with Crippen LogP contribution in [0.1, 0.15) is 20.7 Å². The minimum absolute atomic E-state index is 0.176. The van der Waals surface area contributed by atoms with Gasteiger partial charge in [0.2, 0.25) is 0 Å². The molecule has 11 heteroatoms. The summed E-state index contributed by atoms with van der Waals surface area (Å²) in [5.41, 5.74) is -0.0935. The van der Waals surface area contributed by atoms with Gasteiger partial charge in [0.15, 0.2) is 3.95 Å². The van der Waals surface area contributed by atoms with E-state index >= 15 is 0 Å². The number of benzene rings is 2. The van der Waals surface area contributed by atoms with Crippen molar-refractivity contribution in [2.45, 2.75) is 0 Å². The Balaban J connectivity index is 0.000000187. The molecule has 0 atom stereocenters. The molecule has 0 aliphatic rings. The van der Waals surface area contributed by atoms with E-state index in [1.807, 2.05) is 6.07 Å². The van der Waals surface area contributed by atoms with E-state index in [1.165, 1.54) is 23.5 Å². The highest BCUT2D eigenvalue weighted by molar-refractivity contribution is 7.73. The predicted molar refractivity (Wildman–Crippen MR) is 99.0 cm³/mol. The predicted octanol–water partition coefficient (Wildman–Crippen LogP) is 4.60. The van der Waals surface area contributed by atoms with Crippen molar-refractivity contribution < 1.29 is 24.7 Å². The van der Waals surface area contributed by atoms with E-state index in [1.54, 1.807) is 12.1 Å². The van der Waals surface area contributed by atoms with E-state index < -0.39 is 28.1 Å². The number of rotatable bonds is 3. The molecule has 0 amide bonds. The van der Waals surface area contributed by atoms with Crippen LogP contribution in [-0.4, -0.2) is 32.1 Å². The zero-order chi connectivity index (χ0) is 19.4. The van der Waals surface area contributed by atoms with Gasteiger partial charge in [-0.2, -0.15) is 0 Å². The standard InChI is InChI=1S/C8H5NO2S2.C7H4ClNO4/c10-7(11)4-2-1-3-5-6(4)9-8(12)13-5;8-5-3-1-2-4(7(10)11)6(5)9(12)13/h1-3H,(H,9,12)(H,10,11);1-3H,(H,10,11). The Hall–Kier alpha value is -2.82. The molecule has 134 valence electrons. The normalized spacial score (nSPS) is 10.0. The van der Waals surface area contributed by atoms with Crippen LogP contribution in [0.25, 0.3) is 10.2 Å². The first-order chi connectivity index (χ1) is 12.2. The number of hydrogen-bond donors (Lipinski definition) is 3. The van der Waals surface area contributed by atoms with Crippen LogP contribution < -0.4 is 0 Å². The average molecular weight is 413 g/mol. The summed E-state index contributed by atoms with van der Waals surface area (Å²) in [5.74, 6) is -2.30. The van der Waals surface area contributed by atoms with Crippen molar-refractivity contribution in [3.8, 4) is 0 Å². The SMILES string of the molecule is O=C(O)c1cccc(Cl)c1[N+](=O)[O-].O=C(O)c1cccc2sc(=S)[nH]c12. The molecule has 3 aromatic rings. The molecule has 1 aromatic heterocycles. The smallest absolute Gasteiger partial charge is 0.342 e. The van der Waals surface area contributed by atoms with E-state index in [2.05, 4.69) is 4.98 Å². The largest absolute Gasteiger partial charge is 0.478 e. The number of hydrogen-bond acceptors (Lipinski definition) is 6. The summed E-state index contributed by atoms with van der Waals surface area (Å²) in [6.07, 6.45) is 0. The fraction of sp³-hybridized carbons (Fsp3) is 0. The number of nitro groups is 1. The monoisotopic (exact) mass is 412 g/mol. The van der Waals surface area contributed by atoms with E-state index in [0.717, 1.165) is 10.8 Å². The Morgan fingerprint density at radius 1 is 1.12 bits per heavy atom. The summed E-state index contributed by atoms with van der Waals surface area (Å²) in [5, 5.41) is 27.6. The average Bonchev–Trinajstić information content (AvgIpc) is 2.94. The lowest BCUT2D eigenvalue weighted by Crippen LogP contribution is -2.02. The molecule has 0 fully saturated rings. The van der Waals surface area contributed by atoms with Gasteiger partial charge in [0.05, 0.1) is 20.7 Å². The number of halogens is 1. The zero-order valence-corrected chi connectivity index (χ0v) is 15.0. The van der Waals surface area contributed by atoms with Crippen molar-refractivity contribution in [2.75, 3.05) is 0 Å². The van der Waals surface area contributed by atoms with E-state index in [9.17, 15) is 19.7 Å². The molecule has 0 radical (unpaired) electrons. The molecule has 0 aliphatic carbocycles. The molecule has 8 nitrogen and oxygen atoms in total. The van der Waals surface area contributed by atoms with Gasteiger partial charge in [-0.05, 0) is 36.5 Å². The van der Waals surface area contributed by atoms with E-state index in [4.69, 9.17) is 34.0 Å². The third kappa shape index (κ3) is 4.23. The fourth-order valence-electron chi connectivity index (χ4n) is 2.02. The second kappa shape index (κ2) is 8.04. The number of carboxylic acid groups (broad SMARTS) is 2. The van der Waals surface area contributed by atoms with Crippen LogP contribution in [0.4, 0.5) is 5.69 Å². The molecule has 1 heterocycles. The Morgan fingerprint density at radius 3 is 2.23 bits per heavy atom. The van der Waals surface area contributed by atoms with Crippen molar-refractivity contribution in [3.05, 3.63) is 66.6 Å². The molecule has 26 heavy (non-hydrogen) atoms. The quantitative estimate of drug-likeness (QED) is 0.325. The van der Waals surface area contributed by atoms with Crippen molar-refractivity contribution in [1.29, 1.82) is 0 Å². The van der Waals surface area contributed by atoms with E-state index in [0.29, 0.717) is 9.47 Å². The number of aromatic nitrogens is 1. The molecule has 0 aliphatic heterocycles. The van der Waals surface area contributed by atoms with Crippen molar-refractivity contribution in [2.24, 2.45) is 0 Å². The lowest BCUT2D eigenvalue weighted by atomic mass is 10.2. The van der Waals surface area contributed by atoms with Crippen LogP contribution >= 0.6 is 35.2 Å². The first kappa shape index (κ1) is 19.5. The van der Waals surface area contributed by atoms with Crippen molar-refractivity contribution in [3.63, 3.8) is 0 Å². The van der Waals surface area contributed by atoms with Gasteiger partial charge in [-0.25, -0.2) is 9.59 Å². The summed E-state index contributed by atoms with van der Waals surface area (Å²) in [4.78, 5) is 33.7. The number of carboxylic acids is 2. The number of nitro benzene ring substituents is 1. The molecule has 0 saturated carbocycles. The molecule has 3 N–H and O–H groups in total. The highest BCUT2D eigenvalue weighted by Crippen LogP contribution is 2.27. The number of nitrogens with zero attached hydrogens (tertiary/aromatic N) is 1. The topological polar surface area (TPSA) is 134 Å². The number of fused-ring (bicyclic) bond motifs is 1. The minimum Gasteiger partial charge on any atom is -0.478 e. The van der Waals surface area contributed by atoms with Gasteiger partial charge in [0.25, 0.3) is 0 Å². The van der Waals surface area contributed by atoms with Gasteiger partial charge in [0, 0.05) is 0 Å². The second-order valence-electron chi connectivity index (χ2n) is 4.70. The maximum Gasteiger partial charge on any atom is 0.342 e. The highest BCUT2D eigenvalue weighted by atomic mass is 35.5. The van der Waals surface area contributed by atoms with Gasteiger partial charge < -0.3 is 15.2 Å². The molecule has 0 bridgehead atoms. The highest BCUT2D eigenvalue weighted by Gasteiger charge is 2.22. The van der Waals surface area contributed by atoms with Crippen LogP contribution in [0.3, 0.4) is 0 Å². The Bertz CT molecular complexity index is 1080. The van der Waals surface area contributed by atoms with Crippen LogP contribution in [0.2, 0.25) is 5.02 Å². The first-order valence-electron chi connectivity index (χ1n) is 6.73. The molecule has 2 aromatic carbocycles. The van der Waals surface area contributed by atoms with Crippen LogP contribution in [0.15, 0.2) is 36.4 Å². The molecule has 0 saturated heterocycles. The van der Waals surface area contributed by atoms with Gasteiger partial charge in [-0.1, -0.05) is 23.7 Å². The Labute approximate surface area is 159 Å². The Morgan fingerprint density at radius 2 is 1.69 bits per heavy atom. The summed E-state index contributed by atoms with van der Waals surface area (Å²) in [7, 11) is 0. The van der Waals surface area contributed by atoms with Crippen LogP contribution in [0, 0.1) is 14.1 Å². The van der Waals surface area contributed by atoms with Gasteiger partial charge in [-0.3, -0.25) is 10.1 Å². The number of thiazole rings is 1. The van der Waals surface area contributed by atoms with Gasteiger partial charge in [-0.15, -0.1) is 11.3 Å². The summed E-state index contributed by atoms with van der Waals surface area (Å²) < 4.78 is 1.48. The van der Waals surface area contributed by atoms with Crippen LogP contribution in [0.5, 0.6) is 0 Å². The zero-order valence-electron chi connectivity index (χ0n) is 12.6. The maximum atomic E-state index is 10.8. The number of aromatic carboxylic acids is 2. The van der Waals surface area contributed by atoms with Crippen molar-refractivity contribution >= 4 is 63.0 Å². The van der Waals surface area contributed by atoms with E-state index in [-0.39, 0.29) is 10.6 Å². The number of carbonyl (C=O) groups is 2. The Kier molecular flexibility index (Phi) is 6.03. The second-order valence-corrected chi connectivity index (χ2v) is 6.82. The summed E-state index contributed by atoms with van der Waals surface area (Å²) in [6.45, 7) is 0. The fourth-order valence-corrected chi connectivity index (χ4v) is 3.40. The molecule has 3 rings (SSSR count). The molecule has 0 unspecified atom stereocenters. The number of H-pyrrole nitrogens is 1. The molecular weight excluding hydrogens is 404 g/mol.